The van der Waals surface area contributed by atoms with Gasteiger partial charge in [0.2, 0.25) is 5.91 Å². The summed E-state index contributed by atoms with van der Waals surface area (Å²) in [5, 5.41) is 6.03. The molecule has 1 aliphatic rings. The van der Waals surface area contributed by atoms with Gasteiger partial charge in [-0.3, -0.25) is 9.59 Å². The third-order valence-electron chi connectivity index (χ3n) is 4.75. The van der Waals surface area contributed by atoms with Crippen LogP contribution in [0.4, 0.5) is 4.39 Å². The summed E-state index contributed by atoms with van der Waals surface area (Å²) in [5.41, 5.74) is 0.402. The van der Waals surface area contributed by atoms with Crippen LogP contribution in [-0.2, 0) is 20.9 Å². The molecule has 0 radical (unpaired) electrons. The van der Waals surface area contributed by atoms with Gasteiger partial charge in [0.1, 0.15) is 5.82 Å². The molecule has 0 unspecified atom stereocenters. The van der Waals surface area contributed by atoms with Gasteiger partial charge in [-0.05, 0) is 37.5 Å². The Hall–Kier alpha value is -1.95. The van der Waals surface area contributed by atoms with Crippen molar-refractivity contribution >= 4 is 11.9 Å². The standard InChI is InChI=1S/C18H25FN2O3/c1-18(10-4-3-5-15(18)17(23)24-2)21-12-16(22)20-11-13-6-8-14(19)9-7-13/h6-9,15,21H,3-5,10-12H2,1-2H3,(H,20,22)/t15-,18-/m1/s1. The molecule has 0 heterocycles. The summed E-state index contributed by atoms with van der Waals surface area (Å²) in [5.74, 6) is -0.918. The number of nitrogens with one attached hydrogen (secondary N) is 2. The van der Waals surface area contributed by atoms with E-state index in [1.165, 1.54) is 19.2 Å². The molecule has 132 valence electrons. The third kappa shape index (κ3) is 4.77. The van der Waals surface area contributed by atoms with Crippen molar-refractivity contribution in [2.75, 3.05) is 13.7 Å². The molecule has 1 aromatic carbocycles. The molecular formula is C18H25FN2O3. The number of amides is 1. The first kappa shape index (κ1) is 18.4. The number of rotatable bonds is 6. The highest BCUT2D eigenvalue weighted by atomic mass is 19.1. The zero-order valence-corrected chi connectivity index (χ0v) is 14.2. The summed E-state index contributed by atoms with van der Waals surface area (Å²) in [7, 11) is 1.40. The highest BCUT2D eigenvalue weighted by molar-refractivity contribution is 5.78. The van der Waals surface area contributed by atoms with E-state index in [-0.39, 0.29) is 30.2 Å². The lowest BCUT2D eigenvalue weighted by molar-refractivity contribution is -0.150. The van der Waals surface area contributed by atoms with E-state index in [1.807, 2.05) is 6.92 Å². The molecule has 1 aromatic rings. The van der Waals surface area contributed by atoms with Gasteiger partial charge >= 0.3 is 5.97 Å². The summed E-state index contributed by atoms with van der Waals surface area (Å²) in [6.45, 7) is 2.45. The molecule has 2 atom stereocenters. The van der Waals surface area contributed by atoms with Crippen LogP contribution in [-0.4, -0.2) is 31.1 Å². The van der Waals surface area contributed by atoms with Gasteiger partial charge in [0, 0.05) is 12.1 Å². The maximum Gasteiger partial charge on any atom is 0.310 e. The van der Waals surface area contributed by atoms with E-state index in [4.69, 9.17) is 4.74 Å². The predicted octanol–water partition coefficient (Wildman–Crippen LogP) is 2.15. The highest BCUT2D eigenvalue weighted by Crippen LogP contribution is 2.34. The van der Waals surface area contributed by atoms with Crippen molar-refractivity contribution in [3.8, 4) is 0 Å². The molecule has 2 rings (SSSR count). The Morgan fingerprint density at radius 1 is 1.29 bits per heavy atom. The molecule has 0 aromatic heterocycles. The van der Waals surface area contributed by atoms with E-state index >= 15 is 0 Å². The topological polar surface area (TPSA) is 67.4 Å². The summed E-state index contributed by atoms with van der Waals surface area (Å²) < 4.78 is 17.7. The normalized spacial score (nSPS) is 23.5. The van der Waals surface area contributed by atoms with Gasteiger partial charge in [-0.25, -0.2) is 4.39 Å². The zero-order valence-electron chi connectivity index (χ0n) is 14.2. The lowest BCUT2D eigenvalue weighted by Crippen LogP contribution is -2.55. The number of hydrogen-bond donors (Lipinski definition) is 2. The molecule has 5 nitrogen and oxygen atoms in total. The average Bonchev–Trinajstić information content (AvgIpc) is 2.59. The SMILES string of the molecule is COC(=O)[C@H]1CCCC[C@@]1(C)NCC(=O)NCc1ccc(F)cc1. The van der Waals surface area contributed by atoms with Crippen LogP contribution in [0.1, 0.15) is 38.2 Å². The van der Waals surface area contributed by atoms with Crippen molar-refractivity contribution in [2.24, 2.45) is 5.92 Å². The lowest BCUT2D eigenvalue weighted by Gasteiger charge is -2.40. The number of hydrogen-bond acceptors (Lipinski definition) is 4. The minimum atomic E-state index is -0.432. The second kappa shape index (κ2) is 8.24. The Morgan fingerprint density at radius 2 is 2.00 bits per heavy atom. The van der Waals surface area contributed by atoms with E-state index in [0.717, 1.165) is 31.2 Å². The van der Waals surface area contributed by atoms with E-state index in [9.17, 15) is 14.0 Å². The van der Waals surface area contributed by atoms with Gasteiger partial charge < -0.3 is 15.4 Å². The average molecular weight is 336 g/mol. The number of esters is 1. The molecule has 1 amide bonds. The lowest BCUT2D eigenvalue weighted by atomic mass is 9.74. The van der Waals surface area contributed by atoms with Gasteiger partial charge in [-0.15, -0.1) is 0 Å². The van der Waals surface area contributed by atoms with Crippen LogP contribution < -0.4 is 10.6 Å². The molecule has 0 saturated heterocycles. The molecular weight excluding hydrogens is 311 g/mol. The first-order valence-electron chi connectivity index (χ1n) is 8.28. The molecule has 0 spiro atoms. The second-order valence-corrected chi connectivity index (χ2v) is 6.50. The monoisotopic (exact) mass is 336 g/mol. The number of methoxy groups -OCH3 is 1. The van der Waals surface area contributed by atoms with Crippen LogP contribution in [0, 0.1) is 11.7 Å². The number of ether oxygens (including phenoxy) is 1. The first-order valence-corrected chi connectivity index (χ1v) is 8.28. The Bertz CT molecular complexity index is 576. The van der Waals surface area contributed by atoms with Crippen LogP contribution in [0.5, 0.6) is 0 Å². The molecule has 6 heteroatoms. The number of benzene rings is 1. The smallest absolute Gasteiger partial charge is 0.310 e. The third-order valence-corrected chi connectivity index (χ3v) is 4.75. The maximum absolute atomic E-state index is 12.9. The molecule has 0 bridgehead atoms. The summed E-state index contributed by atoms with van der Waals surface area (Å²) >= 11 is 0. The molecule has 1 fully saturated rings. The van der Waals surface area contributed by atoms with E-state index in [1.54, 1.807) is 12.1 Å². The fraction of sp³-hybridized carbons (Fsp3) is 0.556. The maximum atomic E-state index is 12.9. The van der Waals surface area contributed by atoms with Gasteiger partial charge in [0.15, 0.2) is 0 Å². The van der Waals surface area contributed by atoms with Crippen molar-refractivity contribution in [3.05, 3.63) is 35.6 Å². The summed E-state index contributed by atoms with van der Waals surface area (Å²) in [6.07, 6.45) is 3.62. The minimum Gasteiger partial charge on any atom is -0.469 e. The van der Waals surface area contributed by atoms with Crippen LogP contribution in [0.25, 0.3) is 0 Å². The van der Waals surface area contributed by atoms with Crippen LogP contribution in [0.15, 0.2) is 24.3 Å². The largest absolute Gasteiger partial charge is 0.469 e. The Labute approximate surface area is 142 Å². The van der Waals surface area contributed by atoms with Crippen molar-refractivity contribution in [1.29, 1.82) is 0 Å². The quantitative estimate of drug-likeness (QED) is 0.781. The molecule has 24 heavy (non-hydrogen) atoms. The number of carbonyl (C=O) groups excluding carboxylic acids is 2. The van der Waals surface area contributed by atoms with E-state index < -0.39 is 5.54 Å². The van der Waals surface area contributed by atoms with E-state index in [0.29, 0.717) is 6.54 Å². The minimum absolute atomic E-state index is 0.130. The molecule has 1 saturated carbocycles. The Morgan fingerprint density at radius 3 is 2.67 bits per heavy atom. The molecule has 2 N–H and O–H groups in total. The van der Waals surface area contributed by atoms with Crippen molar-refractivity contribution in [3.63, 3.8) is 0 Å². The van der Waals surface area contributed by atoms with E-state index in [2.05, 4.69) is 10.6 Å². The summed E-state index contributed by atoms with van der Waals surface area (Å²) in [4.78, 5) is 24.0. The Kier molecular flexibility index (Phi) is 6.31. The predicted molar refractivity (Wildman–Crippen MR) is 88.6 cm³/mol. The summed E-state index contributed by atoms with van der Waals surface area (Å²) in [6, 6.07) is 6.01. The van der Waals surface area contributed by atoms with Crippen LogP contribution >= 0.6 is 0 Å². The van der Waals surface area contributed by atoms with Crippen molar-refractivity contribution in [2.45, 2.75) is 44.7 Å². The fourth-order valence-electron chi connectivity index (χ4n) is 3.21. The van der Waals surface area contributed by atoms with Crippen LogP contribution in [0.2, 0.25) is 0 Å². The zero-order chi connectivity index (χ0) is 17.6. The number of halogens is 1. The second-order valence-electron chi connectivity index (χ2n) is 6.50. The van der Waals surface area contributed by atoms with Gasteiger partial charge in [-0.1, -0.05) is 25.0 Å². The fourth-order valence-corrected chi connectivity index (χ4v) is 3.21. The van der Waals surface area contributed by atoms with Crippen LogP contribution in [0.3, 0.4) is 0 Å². The van der Waals surface area contributed by atoms with Crippen molar-refractivity contribution in [1.82, 2.24) is 10.6 Å². The van der Waals surface area contributed by atoms with Crippen molar-refractivity contribution < 1.29 is 18.7 Å². The number of carbonyl (C=O) groups is 2. The van der Waals surface area contributed by atoms with Gasteiger partial charge in [0.25, 0.3) is 0 Å². The molecule has 0 aliphatic heterocycles. The van der Waals surface area contributed by atoms with Gasteiger partial charge in [0.05, 0.1) is 19.6 Å². The highest BCUT2D eigenvalue weighted by Gasteiger charge is 2.41. The first-order chi connectivity index (χ1) is 11.4. The Balaban J connectivity index is 1.84. The molecule has 1 aliphatic carbocycles. The van der Waals surface area contributed by atoms with Gasteiger partial charge in [-0.2, -0.15) is 0 Å².